The zero-order valence-corrected chi connectivity index (χ0v) is 10.2. The Kier molecular flexibility index (Phi) is 3.96. The van der Waals surface area contributed by atoms with E-state index in [1.54, 1.807) is 0 Å². The smallest absolute Gasteiger partial charge is 0.208 e. The Balaban J connectivity index is 1.86. The average molecular weight is 223 g/mol. The Labute approximate surface area is 97.0 Å². The molecule has 0 amide bonds. The molecule has 0 radical (unpaired) electrons. The van der Waals surface area contributed by atoms with Crippen molar-refractivity contribution in [1.82, 2.24) is 15.2 Å². The lowest BCUT2D eigenvalue weighted by Gasteiger charge is -2.25. The Morgan fingerprint density at radius 1 is 1.44 bits per heavy atom. The summed E-state index contributed by atoms with van der Waals surface area (Å²) in [4.78, 5) is 6.71. The average Bonchev–Trinajstić information content (AvgIpc) is 2.66. The van der Waals surface area contributed by atoms with Gasteiger partial charge in [0.25, 0.3) is 0 Å². The van der Waals surface area contributed by atoms with Crippen LogP contribution >= 0.6 is 0 Å². The second-order valence-corrected chi connectivity index (χ2v) is 4.84. The number of hydrogen-bond acceptors (Lipinski definition) is 4. The molecule has 1 aromatic rings. The maximum atomic E-state index is 5.72. The Bertz CT molecular complexity index is 316. The van der Waals surface area contributed by atoms with Gasteiger partial charge in [-0.1, -0.05) is 13.8 Å². The normalized spacial score (nSPS) is 18.2. The van der Waals surface area contributed by atoms with Gasteiger partial charge in [0.15, 0.2) is 0 Å². The van der Waals surface area contributed by atoms with Gasteiger partial charge in [0, 0.05) is 32.6 Å². The van der Waals surface area contributed by atoms with E-state index in [1.165, 1.54) is 0 Å². The van der Waals surface area contributed by atoms with Crippen molar-refractivity contribution in [3.63, 3.8) is 0 Å². The lowest BCUT2D eigenvalue weighted by molar-refractivity contribution is 0.210. The summed E-state index contributed by atoms with van der Waals surface area (Å²) in [6.45, 7) is 9.54. The maximum absolute atomic E-state index is 5.72. The van der Waals surface area contributed by atoms with Gasteiger partial charge in [-0.15, -0.1) is 0 Å². The van der Waals surface area contributed by atoms with Crippen LogP contribution in [-0.2, 0) is 13.0 Å². The molecule has 0 bridgehead atoms. The summed E-state index contributed by atoms with van der Waals surface area (Å²) in [7, 11) is 0. The van der Waals surface area contributed by atoms with Crippen molar-refractivity contribution in [1.29, 1.82) is 0 Å². The fourth-order valence-electron chi connectivity index (χ4n) is 1.98. The number of rotatable bonds is 4. The van der Waals surface area contributed by atoms with E-state index >= 15 is 0 Å². The predicted octanol–water partition coefficient (Wildman–Crippen LogP) is 1.28. The molecule has 1 aliphatic heterocycles. The molecule has 1 fully saturated rings. The van der Waals surface area contributed by atoms with E-state index < -0.39 is 0 Å². The van der Waals surface area contributed by atoms with Crippen LogP contribution in [0, 0.1) is 5.92 Å². The lowest BCUT2D eigenvalue weighted by atomic mass is 10.1. The van der Waals surface area contributed by atoms with Crippen molar-refractivity contribution in [2.75, 3.05) is 26.2 Å². The molecule has 0 aliphatic carbocycles. The van der Waals surface area contributed by atoms with Crippen molar-refractivity contribution >= 4 is 0 Å². The summed E-state index contributed by atoms with van der Waals surface area (Å²) in [5, 5.41) is 3.34. The van der Waals surface area contributed by atoms with Crippen LogP contribution in [0.2, 0.25) is 0 Å². The molecular weight excluding hydrogens is 202 g/mol. The predicted molar refractivity (Wildman–Crippen MR) is 63.2 cm³/mol. The minimum atomic E-state index is 0.625. The molecule has 2 rings (SSSR count). The molecule has 90 valence electrons. The van der Waals surface area contributed by atoms with Gasteiger partial charge >= 0.3 is 0 Å². The van der Waals surface area contributed by atoms with E-state index in [1.807, 2.05) is 6.20 Å². The van der Waals surface area contributed by atoms with E-state index in [0.29, 0.717) is 5.92 Å². The van der Waals surface area contributed by atoms with Crippen molar-refractivity contribution in [2.45, 2.75) is 26.8 Å². The Morgan fingerprint density at radius 2 is 2.19 bits per heavy atom. The fraction of sp³-hybridized carbons (Fsp3) is 0.750. The van der Waals surface area contributed by atoms with E-state index in [9.17, 15) is 0 Å². The summed E-state index contributed by atoms with van der Waals surface area (Å²) >= 11 is 0. The third kappa shape index (κ3) is 3.32. The van der Waals surface area contributed by atoms with E-state index in [0.717, 1.165) is 50.8 Å². The maximum Gasteiger partial charge on any atom is 0.208 e. The molecule has 0 unspecified atom stereocenters. The summed E-state index contributed by atoms with van der Waals surface area (Å²) < 4.78 is 5.72. The number of hydrogen-bond donors (Lipinski definition) is 1. The topological polar surface area (TPSA) is 41.3 Å². The first-order valence-electron chi connectivity index (χ1n) is 6.10. The SMILES string of the molecule is CC(C)Cc1cnc(CN2CCNCC2)o1. The molecule has 0 atom stereocenters. The zero-order valence-electron chi connectivity index (χ0n) is 10.2. The van der Waals surface area contributed by atoms with Crippen molar-refractivity contribution in [3.8, 4) is 0 Å². The summed E-state index contributed by atoms with van der Waals surface area (Å²) in [6.07, 6.45) is 2.85. The number of nitrogens with one attached hydrogen (secondary N) is 1. The van der Waals surface area contributed by atoms with Crippen LogP contribution in [0.5, 0.6) is 0 Å². The number of oxazole rings is 1. The first kappa shape index (κ1) is 11.6. The van der Waals surface area contributed by atoms with Gasteiger partial charge in [-0.3, -0.25) is 4.90 Å². The van der Waals surface area contributed by atoms with E-state index in [4.69, 9.17) is 4.42 Å². The molecule has 1 aromatic heterocycles. The highest BCUT2D eigenvalue weighted by Crippen LogP contribution is 2.11. The molecule has 16 heavy (non-hydrogen) atoms. The second kappa shape index (κ2) is 5.46. The summed E-state index contributed by atoms with van der Waals surface area (Å²) in [5.74, 6) is 2.50. The summed E-state index contributed by atoms with van der Waals surface area (Å²) in [5.41, 5.74) is 0. The van der Waals surface area contributed by atoms with Gasteiger partial charge in [0.05, 0.1) is 12.7 Å². The van der Waals surface area contributed by atoms with Crippen LogP contribution < -0.4 is 5.32 Å². The largest absolute Gasteiger partial charge is 0.444 e. The molecule has 4 nitrogen and oxygen atoms in total. The van der Waals surface area contributed by atoms with E-state index in [-0.39, 0.29) is 0 Å². The van der Waals surface area contributed by atoms with Gasteiger partial charge in [0.2, 0.25) is 5.89 Å². The molecule has 0 aromatic carbocycles. The van der Waals surface area contributed by atoms with Crippen LogP contribution in [0.4, 0.5) is 0 Å². The van der Waals surface area contributed by atoms with Crippen LogP contribution in [0.3, 0.4) is 0 Å². The van der Waals surface area contributed by atoms with Crippen LogP contribution in [0.1, 0.15) is 25.5 Å². The Hall–Kier alpha value is -0.870. The first-order chi connectivity index (χ1) is 7.74. The highest BCUT2D eigenvalue weighted by molar-refractivity contribution is 4.95. The van der Waals surface area contributed by atoms with Gasteiger partial charge in [0.1, 0.15) is 5.76 Å². The van der Waals surface area contributed by atoms with Crippen LogP contribution in [0.25, 0.3) is 0 Å². The van der Waals surface area contributed by atoms with Gasteiger partial charge in [-0.05, 0) is 5.92 Å². The first-order valence-corrected chi connectivity index (χ1v) is 6.10. The third-order valence-electron chi connectivity index (χ3n) is 2.78. The standard InChI is InChI=1S/C12H21N3O/c1-10(2)7-11-8-14-12(16-11)9-15-5-3-13-4-6-15/h8,10,13H,3-7,9H2,1-2H3. The van der Waals surface area contributed by atoms with Crippen molar-refractivity contribution in [2.24, 2.45) is 5.92 Å². The fourth-order valence-corrected chi connectivity index (χ4v) is 1.98. The van der Waals surface area contributed by atoms with Crippen LogP contribution in [0.15, 0.2) is 10.6 Å². The third-order valence-corrected chi connectivity index (χ3v) is 2.78. The molecule has 0 spiro atoms. The monoisotopic (exact) mass is 223 g/mol. The van der Waals surface area contributed by atoms with Gasteiger partial charge < -0.3 is 9.73 Å². The molecule has 1 aliphatic rings. The molecule has 1 saturated heterocycles. The molecule has 1 N–H and O–H groups in total. The summed E-state index contributed by atoms with van der Waals surface area (Å²) in [6, 6.07) is 0. The Morgan fingerprint density at radius 3 is 2.88 bits per heavy atom. The number of piperazine rings is 1. The minimum absolute atomic E-state index is 0.625. The van der Waals surface area contributed by atoms with E-state index in [2.05, 4.69) is 29.0 Å². The quantitative estimate of drug-likeness (QED) is 0.835. The number of nitrogens with zero attached hydrogens (tertiary/aromatic N) is 2. The van der Waals surface area contributed by atoms with Crippen molar-refractivity contribution in [3.05, 3.63) is 17.8 Å². The zero-order chi connectivity index (χ0) is 11.4. The highest BCUT2D eigenvalue weighted by Gasteiger charge is 2.13. The lowest BCUT2D eigenvalue weighted by Crippen LogP contribution is -2.42. The van der Waals surface area contributed by atoms with Crippen molar-refractivity contribution < 1.29 is 4.42 Å². The number of aromatic nitrogens is 1. The molecule has 0 saturated carbocycles. The highest BCUT2D eigenvalue weighted by atomic mass is 16.4. The van der Waals surface area contributed by atoms with Gasteiger partial charge in [-0.25, -0.2) is 4.98 Å². The minimum Gasteiger partial charge on any atom is -0.444 e. The molecule has 4 heteroatoms. The van der Waals surface area contributed by atoms with Crippen LogP contribution in [-0.4, -0.2) is 36.1 Å². The molecule has 2 heterocycles. The van der Waals surface area contributed by atoms with Gasteiger partial charge in [-0.2, -0.15) is 0 Å². The second-order valence-electron chi connectivity index (χ2n) is 4.84. The molecular formula is C12H21N3O.